The average Bonchev–Trinajstić information content (AvgIpc) is 2.14. The second kappa shape index (κ2) is 4.41. The first-order valence-electron chi connectivity index (χ1n) is 5.37. The van der Waals surface area contributed by atoms with Gasteiger partial charge in [0.1, 0.15) is 5.78 Å². The molecule has 1 fully saturated rings. The molecule has 1 unspecified atom stereocenters. The fourth-order valence-electron chi connectivity index (χ4n) is 1.88. The number of nitrogens with zero attached hydrogens (tertiary/aromatic N) is 1. The summed E-state index contributed by atoms with van der Waals surface area (Å²) in [6, 6.07) is 0.0446. The van der Waals surface area contributed by atoms with Crippen LogP contribution in [-0.4, -0.2) is 42.0 Å². The fraction of sp³-hybridized carbons (Fsp3) is 0.909. The maximum Gasteiger partial charge on any atom is 0.149 e. The van der Waals surface area contributed by atoms with Gasteiger partial charge in [-0.05, 0) is 20.8 Å². The molecule has 0 aromatic heterocycles. The van der Waals surface area contributed by atoms with Crippen molar-refractivity contribution in [2.24, 2.45) is 0 Å². The van der Waals surface area contributed by atoms with E-state index in [2.05, 4.69) is 18.7 Å². The fourth-order valence-corrected chi connectivity index (χ4v) is 1.88. The summed E-state index contributed by atoms with van der Waals surface area (Å²) < 4.78 is 5.61. The van der Waals surface area contributed by atoms with E-state index in [1.165, 1.54) is 0 Å². The monoisotopic (exact) mass is 199 g/mol. The van der Waals surface area contributed by atoms with Crippen LogP contribution in [-0.2, 0) is 9.53 Å². The molecule has 0 amide bonds. The van der Waals surface area contributed by atoms with E-state index in [9.17, 15) is 4.79 Å². The van der Waals surface area contributed by atoms with Crippen LogP contribution in [0, 0.1) is 0 Å². The molecule has 82 valence electrons. The molecule has 1 atom stereocenters. The lowest BCUT2D eigenvalue weighted by atomic mass is 10.0. The third-order valence-corrected chi connectivity index (χ3v) is 2.82. The topological polar surface area (TPSA) is 29.5 Å². The molecular weight excluding hydrogens is 178 g/mol. The van der Waals surface area contributed by atoms with Crippen LogP contribution < -0.4 is 0 Å². The zero-order valence-electron chi connectivity index (χ0n) is 9.67. The molecule has 1 rings (SSSR count). The quantitative estimate of drug-likeness (QED) is 0.689. The highest BCUT2D eigenvalue weighted by atomic mass is 16.5. The number of Topliss-reactive ketones (excluding diaryl/α,β-unsaturated/α-hetero) is 1. The Balaban J connectivity index is 2.56. The lowest BCUT2D eigenvalue weighted by molar-refractivity contribution is -0.131. The van der Waals surface area contributed by atoms with E-state index in [1.54, 1.807) is 0 Å². The molecule has 14 heavy (non-hydrogen) atoms. The molecule has 1 aliphatic heterocycles. The first-order valence-corrected chi connectivity index (χ1v) is 5.37. The number of rotatable bonds is 3. The molecule has 0 aromatic carbocycles. The second-order valence-electron chi connectivity index (χ2n) is 4.57. The zero-order valence-corrected chi connectivity index (χ0v) is 9.67. The summed E-state index contributed by atoms with van der Waals surface area (Å²) in [6.45, 7) is 10.5. The van der Waals surface area contributed by atoms with Crippen molar-refractivity contribution in [3.05, 3.63) is 0 Å². The average molecular weight is 199 g/mol. The molecule has 3 heteroatoms. The Bertz CT molecular complexity index is 213. The van der Waals surface area contributed by atoms with E-state index in [0.717, 1.165) is 19.7 Å². The predicted molar refractivity (Wildman–Crippen MR) is 56.4 cm³/mol. The van der Waals surface area contributed by atoms with Gasteiger partial charge in [0.2, 0.25) is 0 Å². The number of carbonyl (C=O) groups is 1. The minimum atomic E-state index is -0.111. The molecule has 0 spiro atoms. The third kappa shape index (κ3) is 2.79. The smallest absolute Gasteiger partial charge is 0.149 e. The lowest BCUT2D eigenvalue weighted by Crippen LogP contribution is -2.53. The summed E-state index contributed by atoms with van der Waals surface area (Å²) in [5.41, 5.74) is -0.111. The van der Waals surface area contributed by atoms with Gasteiger partial charge in [-0.3, -0.25) is 9.69 Å². The second-order valence-corrected chi connectivity index (χ2v) is 4.57. The largest absolute Gasteiger partial charge is 0.373 e. The van der Waals surface area contributed by atoms with Crippen LogP contribution in [0.2, 0.25) is 0 Å². The molecule has 0 aliphatic carbocycles. The van der Waals surface area contributed by atoms with Gasteiger partial charge in [0.25, 0.3) is 0 Å². The van der Waals surface area contributed by atoms with Gasteiger partial charge in [0, 0.05) is 19.5 Å². The number of ether oxygens (including phenoxy) is 1. The van der Waals surface area contributed by atoms with Crippen LogP contribution in [0.15, 0.2) is 0 Å². The van der Waals surface area contributed by atoms with E-state index in [0.29, 0.717) is 12.2 Å². The summed E-state index contributed by atoms with van der Waals surface area (Å²) in [5.74, 6) is 0.322. The standard InChI is InChI=1S/C11H21NO2/c1-5-10(13)9(2)12-6-7-14-11(3,4)8-12/h9H,5-8H2,1-4H3. The van der Waals surface area contributed by atoms with Gasteiger partial charge >= 0.3 is 0 Å². The molecule has 0 radical (unpaired) electrons. The molecule has 0 aromatic rings. The van der Waals surface area contributed by atoms with E-state index in [4.69, 9.17) is 4.74 Å². The van der Waals surface area contributed by atoms with Crippen molar-refractivity contribution in [3.63, 3.8) is 0 Å². The molecule has 1 aliphatic rings. The third-order valence-electron chi connectivity index (χ3n) is 2.82. The minimum Gasteiger partial charge on any atom is -0.373 e. The highest BCUT2D eigenvalue weighted by molar-refractivity contribution is 5.83. The Morgan fingerprint density at radius 3 is 2.71 bits per heavy atom. The van der Waals surface area contributed by atoms with Gasteiger partial charge < -0.3 is 4.74 Å². The van der Waals surface area contributed by atoms with Gasteiger partial charge in [-0.15, -0.1) is 0 Å². The first kappa shape index (κ1) is 11.7. The van der Waals surface area contributed by atoms with Crippen LogP contribution >= 0.6 is 0 Å². The molecule has 3 nitrogen and oxygen atoms in total. The van der Waals surface area contributed by atoms with Crippen LogP contribution in [0.5, 0.6) is 0 Å². The van der Waals surface area contributed by atoms with E-state index < -0.39 is 0 Å². The van der Waals surface area contributed by atoms with Crippen molar-refractivity contribution < 1.29 is 9.53 Å². The van der Waals surface area contributed by atoms with Crippen molar-refractivity contribution in [1.82, 2.24) is 4.90 Å². The van der Waals surface area contributed by atoms with Crippen LogP contribution in [0.25, 0.3) is 0 Å². The number of morpholine rings is 1. The van der Waals surface area contributed by atoms with Gasteiger partial charge in [0.15, 0.2) is 0 Å². The van der Waals surface area contributed by atoms with Crippen molar-refractivity contribution in [3.8, 4) is 0 Å². The number of hydrogen-bond acceptors (Lipinski definition) is 3. The van der Waals surface area contributed by atoms with E-state index in [-0.39, 0.29) is 11.6 Å². The molecule has 0 N–H and O–H groups in total. The van der Waals surface area contributed by atoms with Gasteiger partial charge in [-0.2, -0.15) is 0 Å². The zero-order chi connectivity index (χ0) is 10.8. The highest BCUT2D eigenvalue weighted by Gasteiger charge is 2.31. The highest BCUT2D eigenvalue weighted by Crippen LogP contribution is 2.18. The summed E-state index contributed by atoms with van der Waals surface area (Å²) in [6.07, 6.45) is 0.624. The Morgan fingerprint density at radius 1 is 1.57 bits per heavy atom. The van der Waals surface area contributed by atoms with E-state index in [1.807, 2.05) is 13.8 Å². The van der Waals surface area contributed by atoms with Crippen molar-refractivity contribution in [2.75, 3.05) is 19.7 Å². The van der Waals surface area contributed by atoms with Crippen LogP contribution in [0.3, 0.4) is 0 Å². The number of ketones is 1. The minimum absolute atomic E-state index is 0.0446. The van der Waals surface area contributed by atoms with Crippen molar-refractivity contribution in [2.45, 2.75) is 45.8 Å². The van der Waals surface area contributed by atoms with Crippen LogP contribution in [0.1, 0.15) is 34.1 Å². The molecule has 1 heterocycles. The van der Waals surface area contributed by atoms with Gasteiger partial charge in [-0.25, -0.2) is 0 Å². The Hall–Kier alpha value is -0.410. The predicted octanol–water partition coefficient (Wildman–Crippen LogP) is 1.46. The Morgan fingerprint density at radius 2 is 2.21 bits per heavy atom. The number of hydrogen-bond donors (Lipinski definition) is 0. The Labute approximate surface area is 86.4 Å². The first-order chi connectivity index (χ1) is 6.46. The maximum absolute atomic E-state index is 11.5. The van der Waals surface area contributed by atoms with Crippen molar-refractivity contribution in [1.29, 1.82) is 0 Å². The lowest BCUT2D eigenvalue weighted by Gasteiger charge is -2.40. The maximum atomic E-state index is 11.5. The number of carbonyl (C=O) groups excluding carboxylic acids is 1. The van der Waals surface area contributed by atoms with Crippen LogP contribution in [0.4, 0.5) is 0 Å². The van der Waals surface area contributed by atoms with E-state index >= 15 is 0 Å². The molecule has 1 saturated heterocycles. The summed E-state index contributed by atoms with van der Waals surface area (Å²) >= 11 is 0. The normalized spacial score (nSPS) is 24.6. The van der Waals surface area contributed by atoms with Gasteiger partial charge in [-0.1, -0.05) is 6.92 Å². The molecule has 0 saturated carbocycles. The molecule has 0 bridgehead atoms. The van der Waals surface area contributed by atoms with Crippen molar-refractivity contribution >= 4 is 5.78 Å². The SMILES string of the molecule is CCC(=O)C(C)N1CCOC(C)(C)C1. The molecular formula is C11H21NO2. The summed E-state index contributed by atoms with van der Waals surface area (Å²) in [4.78, 5) is 13.8. The summed E-state index contributed by atoms with van der Waals surface area (Å²) in [5, 5.41) is 0. The Kier molecular flexibility index (Phi) is 3.67. The summed E-state index contributed by atoms with van der Waals surface area (Å²) in [7, 11) is 0. The van der Waals surface area contributed by atoms with Gasteiger partial charge in [0.05, 0.1) is 18.2 Å².